The van der Waals surface area contributed by atoms with Crippen LogP contribution in [0.5, 0.6) is 5.75 Å². The molecule has 140 valence electrons. The number of halogens is 2. The molecule has 0 radical (unpaired) electrons. The molecule has 0 aromatic heterocycles. The van der Waals surface area contributed by atoms with Crippen LogP contribution in [0.15, 0.2) is 54.6 Å². The van der Waals surface area contributed by atoms with Crippen LogP contribution in [-0.2, 0) is 11.3 Å². The van der Waals surface area contributed by atoms with Gasteiger partial charge in [-0.25, -0.2) is 0 Å². The second-order valence-corrected chi connectivity index (χ2v) is 6.23. The van der Waals surface area contributed by atoms with Crippen LogP contribution in [0.1, 0.15) is 17.2 Å². The normalized spacial score (nSPS) is 16.6. The fraction of sp³-hybridized carbons (Fsp3) is 0.400. The van der Waals surface area contributed by atoms with E-state index in [9.17, 15) is 8.78 Å². The Hall–Kier alpha value is -2.02. The van der Waals surface area contributed by atoms with E-state index in [1.165, 1.54) is 5.56 Å². The molecule has 1 heterocycles. The molecule has 2 aromatic carbocycles. The van der Waals surface area contributed by atoms with Crippen molar-refractivity contribution >= 4 is 0 Å². The molecule has 1 aliphatic rings. The van der Waals surface area contributed by atoms with Crippen molar-refractivity contribution in [3.63, 3.8) is 0 Å². The summed E-state index contributed by atoms with van der Waals surface area (Å²) in [6.07, 6.45) is 0. The first-order valence-electron chi connectivity index (χ1n) is 8.83. The number of morpholine rings is 1. The Morgan fingerprint density at radius 2 is 1.69 bits per heavy atom. The molecular formula is C20H24F2N2O2. The zero-order valence-electron chi connectivity index (χ0n) is 14.6. The van der Waals surface area contributed by atoms with Gasteiger partial charge in [0.15, 0.2) is 0 Å². The fourth-order valence-corrected chi connectivity index (χ4v) is 3.16. The largest absolute Gasteiger partial charge is 0.435 e. The van der Waals surface area contributed by atoms with E-state index < -0.39 is 6.61 Å². The monoisotopic (exact) mass is 362 g/mol. The SMILES string of the molecule is FC(F)Oc1ccc(CNCC(c2ccccc2)N2CCOCC2)cc1. The van der Waals surface area contributed by atoms with Crippen LogP contribution in [0.4, 0.5) is 8.78 Å². The average molecular weight is 362 g/mol. The maximum atomic E-state index is 12.2. The van der Waals surface area contributed by atoms with Crippen LogP contribution in [0.3, 0.4) is 0 Å². The minimum Gasteiger partial charge on any atom is -0.435 e. The number of benzene rings is 2. The van der Waals surface area contributed by atoms with E-state index in [-0.39, 0.29) is 11.8 Å². The third-order valence-corrected chi connectivity index (χ3v) is 4.49. The van der Waals surface area contributed by atoms with Crippen molar-refractivity contribution in [2.24, 2.45) is 0 Å². The van der Waals surface area contributed by atoms with Gasteiger partial charge in [0.25, 0.3) is 0 Å². The molecule has 6 heteroatoms. The molecule has 1 unspecified atom stereocenters. The molecule has 3 rings (SSSR count). The Morgan fingerprint density at radius 1 is 1.00 bits per heavy atom. The number of nitrogens with one attached hydrogen (secondary N) is 1. The predicted molar refractivity (Wildman–Crippen MR) is 96.4 cm³/mol. The van der Waals surface area contributed by atoms with E-state index in [0.717, 1.165) is 38.4 Å². The van der Waals surface area contributed by atoms with Crippen molar-refractivity contribution in [2.45, 2.75) is 19.2 Å². The second-order valence-electron chi connectivity index (χ2n) is 6.23. The number of alkyl halides is 2. The van der Waals surface area contributed by atoms with E-state index in [2.05, 4.69) is 39.2 Å². The van der Waals surface area contributed by atoms with Crippen molar-refractivity contribution in [3.05, 3.63) is 65.7 Å². The standard InChI is InChI=1S/C20H24F2N2O2/c21-20(22)26-18-8-6-16(7-9-18)14-23-15-19(17-4-2-1-3-5-17)24-10-12-25-13-11-24/h1-9,19-20,23H,10-15H2. The van der Waals surface area contributed by atoms with Gasteiger partial charge in [-0.3, -0.25) is 4.90 Å². The predicted octanol–water partition coefficient (Wildman–Crippen LogP) is 3.45. The smallest absolute Gasteiger partial charge is 0.387 e. The first kappa shape index (κ1) is 18.8. The molecule has 0 spiro atoms. The summed E-state index contributed by atoms with van der Waals surface area (Å²) in [6.45, 7) is 2.03. The molecule has 26 heavy (non-hydrogen) atoms. The molecule has 1 atom stereocenters. The highest BCUT2D eigenvalue weighted by molar-refractivity contribution is 5.27. The summed E-state index contributed by atoms with van der Waals surface area (Å²) in [4.78, 5) is 2.44. The zero-order valence-corrected chi connectivity index (χ0v) is 14.6. The lowest BCUT2D eigenvalue weighted by Gasteiger charge is -2.35. The number of hydrogen-bond acceptors (Lipinski definition) is 4. The first-order chi connectivity index (χ1) is 12.7. The van der Waals surface area contributed by atoms with Gasteiger partial charge in [0, 0.05) is 32.2 Å². The lowest BCUT2D eigenvalue weighted by Crippen LogP contribution is -2.42. The highest BCUT2D eigenvalue weighted by Crippen LogP contribution is 2.21. The molecule has 1 aliphatic heterocycles. The van der Waals surface area contributed by atoms with Crippen LogP contribution < -0.4 is 10.1 Å². The fourth-order valence-electron chi connectivity index (χ4n) is 3.16. The molecule has 0 aliphatic carbocycles. The van der Waals surface area contributed by atoms with Gasteiger partial charge in [-0.05, 0) is 23.3 Å². The Bertz CT molecular complexity index is 647. The van der Waals surface area contributed by atoms with E-state index >= 15 is 0 Å². The van der Waals surface area contributed by atoms with Gasteiger partial charge in [-0.2, -0.15) is 8.78 Å². The van der Waals surface area contributed by atoms with Crippen molar-refractivity contribution in [1.82, 2.24) is 10.2 Å². The molecule has 0 amide bonds. The number of hydrogen-bond donors (Lipinski definition) is 1. The van der Waals surface area contributed by atoms with Crippen molar-refractivity contribution in [1.29, 1.82) is 0 Å². The third-order valence-electron chi connectivity index (χ3n) is 4.49. The summed E-state index contributed by atoms with van der Waals surface area (Å²) in [7, 11) is 0. The summed E-state index contributed by atoms with van der Waals surface area (Å²) in [5.74, 6) is 0.180. The Balaban J connectivity index is 1.57. The van der Waals surface area contributed by atoms with Crippen LogP contribution in [0.2, 0.25) is 0 Å². The van der Waals surface area contributed by atoms with Crippen LogP contribution in [0.25, 0.3) is 0 Å². The molecule has 2 aromatic rings. The van der Waals surface area contributed by atoms with Gasteiger partial charge in [0.2, 0.25) is 0 Å². The Kier molecular flexibility index (Phi) is 6.94. The van der Waals surface area contributed by atoms with Crippen LogP contribution >= 0.6 is 0 Å². The summed E-state index contributed by atoms with van der Waals surface area (Å²) in [5, 5.41) is 3.49. The van der Waals surface area contributed by atoms with E-state index in [1.807, 2.05) is 6.07 Å². The van der Waals surface area contributed by atoms with Crippen LogP contribution in [0, 0.1) is 0 Å². The summed E-state index contributed by atoms with van der Waals surface area (Å²) < 4.78 is 34.3. The summed E-state index contributed by atoms with van der Waals surface area (Å²) in [6, 6.07) is 17.5. The van der Waals surface area contributed by atoms with Gasteiger partial charge >= 0.3 is 6.61 Å². The van der Waals surface area contributed by atoms with Crippen molar-refractivity contribution in [3.8, 4) is 5.75 Å². The minimum absolute atomic E-state index is 0.180. The lowest BCUT2D eigenvalue weighted by atomic mass is 10.0. The number of rotatable bonds is 8. The topological polar surface area (TPSA) is 33.7 Å². The summed E-state index contributed by atoms with van der Waals surface area (Å²) >= 11 is 0. The van der Waals surface area contributed by atoms with Gasteiger partial charge in [-0.1, -0.05) is 42.5 Å². The Labute approximate surface area is 152 Å². The van der Waals surface area contributed by atoms with E-state index in [4.69, 9.17) is 4.74 Å². The number of ether oxygens (including phenoxy) is 2. The quantitative estimate of drug-likeness (QED) is 0.780. The third kappa shape index (κ3) is 5.49. The van der Waals surface area contributed by atoms with Gasteiger partial charge in [-0.15, -0.1) is 0 Å². The molecule has 1 fully saturated rings. The van der Waals surface area contributed by atoms with Gasteiger partial charge < -0.3 is 14.8 Å². The molecule has 0 bridgehead atoms. The highest BCUT2D eigenvalue weighted by Gasteiger charge is 2.22. The second kappa shape index (κ2) is 9.62. The maximum absolute atomic E-state index is 12.2. The molecule has 0 saturated carbocycles. The highest BCUT2D eigenvalue weighted by atomic mass is 19.3. The molecule has 1 saturated heterocycles. The molecule has 1 N–H and O–H groups in total. The Morgan fingerprint density at radius 3 is 2.35 bits per heavy atom. The number of nitrogens with zero attached hydrogens (tertiary/aromatic N) is 1. The summed E-state index contributed by atoms with van der Waals surface area (Å²) in [5.41, 5.74) is 2.31. The van der Waals surface area contributed by atoms with Crippen molar-refractivity contribution < 1.29 is 18.3 Å². The first-order valence-corrected chi connectivity index (χ1v) is 8.83. The van der Waals surface area contributed by atoms with Gasteiger partial charge in [0.1, 0.15) is 5.75 Å². The van der Waals surface area contributed by atoms with Crippen molar-refractivity contribution in [2.75, 3.05) is 32.8 Å². The minimum atomic E-state index is -2.79. The average Bonchev–Trinajstić information content (AvgIpc) is 2.67. The van der Waals surface area contributed by atoms with Gasteiger partial charge in [0.05, 0.1) is 13.2 Å². The van der Waals surface area contributed by atoms with E-state index in [1.54, 1.807) is 24.3 Å². The maximum Gasteiger partial charge on any atom is 0.387 e. The van der Waals surface area contributed by atoms with Crippen LogP contribution in [-0.4, -0.2) is 44.4 Å². The zero-order chi connectivity index (χ0) is 18.2. The molecular weight excluding hydrogens is 338 g/mol. The molecule has 4 nitrogen and oxygen atoms in total. The lowest BCUT2D eigenvalue weighted by molar-refractivity contribution is -0.0498. The van der Waals surface area contributed by atoms with E-state index in [0.29, 0.717) is 6.54 Å².